The van der Waals surface area contributed by atoms with Crippen LogP contribution in [0.1, 0.15) is 44.7 Å². The van der Waals surface area contributed by atoms with E-state index in [1.807, 2.05) is 91.9 Å². The van der Waals surface area contributed by atoms with E-state index in [1.54, 1.807) is 14.0 Å². The summed E-state index contributed by atoms with van der Waals surface area (Å²) in [6, 6.07) is 19.7. The topological polar surface area (TPSA) is 57.2 Å². The number of alkyl halides is 1. The fourth-order valence-electron chi connectivity index (χ4n) is 3.14. The van der Waals surface area contributed by atoms with Gasteiger partial charge >= 0.3 is 14.7 Å². The molecule has 1 atom stereocenters. The van der Waals surface area contributed by atoms with Gasteiger partial charge in [-0.3, -0.25) is 4.90 Å². The molecule has 0 saturated heterocycles. The van der Waals surface area contributed by atoms with Crippen molar-refractivity contribution in [2.45, 2.75) is 52.4 Å². The van der Waals surface area contributed by atoms with E-state index in [4.69, 9.17) is 29.9 Å². The standard InChI is InChI=1S/C29H37ClNO5P/c1-5-7-19-27(28(20-8-6-2)31(4)29(32)36-24(3)30)23-35-37(33-21-25-15-11-9-12-16-25)34-22-26-17-13-10-14-18-26/h5,7,9-20,24H,6,8,21-23H2,1-4H3/b7-5-,27-19-,28-20-. The molecule has 0 aromatic heterocycles. The molecular weight excluding hydrogens is 509 g/mol. The van der Waals surface area contributed by atoms with E-state index in [1.165, 1.54) is 4.90 Å². The third kappa shape index (κ3) is 12.1. The number of halogens is 1. The van der Waals surface area contributed by atoms with Crippen molar-refractivity contribution >= 4 is 26.3 Å². The molecule has 8 heteroatoms. The molecule has 0 spiro atoms. The first kappa shape index (κ1) is 30.8. The lowest BCUT2D eigenvalue weighted by Gasteiger charge is -2.24. The predicted molar refractivity (Wildman–Crippen MR) is 151 cm³/mol. The molecule has 0 radical (unpaired) electrons. The number of nitrogens with zero attached hydrogens (tertiary/aromatic N) is 1. The lowest BCUT2D eigenvalue weighted by molar-refractivity contribution is 0.113. The first-order valence-electron chi connectivity index (χ1n) is 12.3. The van der Waals surface area contributed by atoms with Gasteiger partial charge in [0.05, 0.1) is 19.8 Å². The van der Waals surface area contributed by atoms with Crippen LogP contribution in [0.4, 0.5) is 4.79 Å². The van der Waals surface area contributed by atoms with Crippen LogP contribution in [0.15, 0.2) is 96.2 Å². The molecule has 0 bridgehead atoms. The molecule has 6 nitrogen and oxygen atoms in total. The summed E-state index contributed by atoms with van der Waals surface area (Å²) in [5.74, 6) is 0. The molecule has 0 heterocycles. The van der Waals surface area contributed by atoms with Gasteiger partial charge in [0.15, 0.2) is 5.56 Å². The van der Waals surface area contributed by atoms with Crippen molar-refractivity contribution in [1.29, 1.82) is 0 Å². The Hall–Kier alpha value is -2.47. The molecule has 0 fully saturated rings. The highest BCUT2D eigenvalue weighted by atomic mass is 35.5. The van der Waals surface area contributed by atoms with Gasteiger partial charge in [-0.15, -0.1) is 0 Å². The van der Waals surface area contributed by atoms with Crippen LogP contribution in [0.3, 0.4) is 0 Å². The quantitative estimate of drug-likeness (QED) is 0.127. The van der Waals surface area contributed by atoms with E-state index in [0.29, 0.717) is 18.9 Å². The Morgan fingerprint density at radius 3 is 2.05 bits per heavy atom. The summed E-state index contributed by atoms with van der Waals surface area (Å²) in [5, 5.41) is 0. The second-order valence-electron chi connectivity index (χ2n) is 8.10. The van der Waals surface area contributed by atoms with Crippen LogP contribution in [-0.4, -0.2) is 30.2 Å². The molecule has 2 rings (SSSR count). The molecule has 0 N–H and O–H groups in total. The van der Waals surface area contributed by atoms with Gasteiger partial charge in [0.25, 0.3) is 0 Å². The largest absolute Gasteiger partial charge is 0.430 e. The molecule has 37 heavy (non-hydrogen) atoms. The van der Waals surface area contributed by atoms with Crippen LogP contribution < -0.4 is 0 Å². The monoisotopic (exact) mass is 545 g/mol. The Balaban J connectivity index is 2.21. The number of amides is 1. The SMILES string of the molecule is C\C=C/C=C(COP(OCc1ccccc1)OCc1ccccc1)\C(=C\CCC)N(C)C(=O)OC(C)Cl. The summed E-state index contributed by atoms with van der Waals surface area (Å²) in [6.45, 7) is 6.48. The maximum absolute atomic E-state index is 12.6. The average molecular weight is 546 g/mol. The number of hydrogen-bond donors (Lipinski definition) is 0. The van der Waals surface area contributed by atoms with Crippen molar-refractivity contribution in [3.05, 3.63) is 107 Å². The smallest absolute Gasteiger partial charge is 0.415 e. The van der Waals surface area contributed by atoms with Gasteiger partial charge in [-0.05, 0) is 31.4 Å². The summed E-state index contributed by atoms with van der Waals surface area (Å²) in [5.41, 5.74) is 2.77. The molecule has 200 valence electrons. The minimum Gasteiger partial charge on any atom is -0.430 e. The van der Waals surface area contributed by atoms with Gasteiger partial charge in [0, 0.05) is 18.3 Å². The second kappa shape index (κ2) is 17.9. The lowest BCUT2D eigenvalue weighted by atomic mass is 10.1. The van der Waals surface area contributed by atoms with E-state index < -0.39 is 20.3 Å². The third-order valence-electron chi connectivity index (χ3n) is 5.03. The summed E-state index contributed by atoms with van der Waals surface area (Å²) < 4.78 is 23.5. The Bertz CT molecular complexity index is 968. The molecule has 0 aliphatic heterocycles. The first-order chi connectivity index (χ1) is 17.9. The number of benzene rings is 2. The van der Waals surface area contributed by atoms with Gasteiger partial charge in [-0.2, -0.15) is 0 Å². The van der Waals surface area contributed by atoms with Crippen LogP contribution in [0.2, 0.25) is 0 Å². The summed E-state index contributed by atoms with van der Waals surface area (Å²) in [4.78, 5) is 14.1. The normalized spacial score (nSPS) is 13.2. The van der Waals surface area contributed by atoms with Gasteiger partial charge in [-0.25, -0.2) is 4.79 Å². The number of rotatable bonds is 15. The predicted octanol–water partition coefficient (Wildman–Crippen LogP) is 8.50. The zero-order valence-corrected chi connectivity index (χ0v) is 23.7. The average Bonchev–Trinajstić information content (AvgIpc) is 2.91. The Morgan fingerprint density at radius 2 is 1.57 bits per heavy atom. The molecule has 0 aliphatic rings. The molecule has 1 amide bonds. The molecule has 0 saturated carbocycles. The van der Waals surface area contributed by atoms with E-state index in [0.717, 1.165) is 29.5 Å². The highest BCUT2D eigenvalue weighted by Gasteiger charge is 2.22. The van der Waals surface area contributed by atoms with Crippen molar-refractivity contribution in [3.8, 4) is 0 Å². The van der Waals surface area contributed by atoms with Crippen LogP contribution in [-0.2, 0) is 31.5 Å². The Morgan fingerprint density at radius 1 is 1.00 bits per heavy atom. The number of unbranched alkanes of at least 4 members (excludes halogenated alkanes) is 1. The minimum atomic E-state index is -1.69. The molecule has 2 aromatic carbocycles. The van der Waals surface area contributed by atoms with Crippen molar-refractivity contribution in [1.82, 2.24) is 4.90 Å². The fraction of sp³-hybridized carbons (Fsp3) is 0.345. The number of carbonyl (C=O) groups excluding carboxylic acids is 1. The maximum Gasteiger partial charge on any atom is 0.415 e. The van der Waals surface area contributed by atoms with Crippen LogP contribution >= 0.6 is 20.2 Å². The second-order valence-corrected chi connectivity index (χ2v) is 9.93. The summed E-state index contributed by atoms with van der Waals surface area (Å²) >= 11 is 5.89. The minimum absolute atomic E-state index is 0.170. The summed E-state index contributed by atoms with van der Waals surface area (Å²) in [7, 11) is -0.0297. The number of hydrogen-bond acceptors (Lipinski definition) is 5. The van der Waals surface area contributed by atoms with E-state index in [2.05, 4.69) is 6.92 Å². The van der Waals surface area contributed by atoms with Crippen LogP contribution in [0.5, 0.6) is 0 Å². The molecule has 0 aliphatic carbocycles. The van der Waals surface area contributed by atoms with Gasteiger partial charge in [-0.1, -0.05) is 110 Å². The summed E-state index contributed by atoms with van der Waals surface area (Å²) in [6.07, 6.45) is 8.88. The maximum atomic E-state index is 12.6. The Labute approximate surface area is 227 Å². The zero-order valence-electron chi connectivity index (χ0n) is 22.0. The van der Waals surface area contributed by atoms with Crippen molar-refractivity contribution in [2.24, 2.45) is 0 Å². The van der Waals surface area contributed by atoms with E-state index in [9.17, 15) is 4.79 Å². The van der Waals surface area contributed by atoms with E-state index in [-0.39, 0.29) is 6.61 Å². The number of carbonyl (C=O) groups is 1. The van der Waals surface area contributed by atoms with Gasteiger partial charge in [0.2, 0.25) is 0 Å². The van der Waals surface area contributed by atoms with Crippen molar-refractivity contribution in [2.75, 3.05) is 13.7 Å². The van der Waals surface area contributed by atoms with Crippen LogP contribution in [0.25, 0.3) is 0 Å². The zero-order chi connectivity index (χ0) is 26.9. The molecule has 1 unspecified atom stereocenters. The fourth-order valence-corrected chi connectivity index (χ4v) is 4.19. The third-order valence-corrected chi connectivity index (χ3v) is 6.14. The highest BCUT2D eigenvalue weighted by Crippen LogP contribution is 2.42. The number of allylic oxidation sites excluding steroid dienone is 4. The Kier molecular flexibility index (Phi) is 14.9. The van der Waals surface area contributed by atoms with Crippen molar-refractivity contribution in [3.63, 3.8) is 0 Å². The molecule has 2 aromatic rings. The van der Waals surface area contributed by atoms with Crippen molar-refractivity contribution < 1.29 is 23.1 Å². The number of ether oxygens (including phenoxy) is 1. The van der Waals surface area contributed by atoms with Gasteiger partial charge in [0.1, 0.15) is 0 Å². The van der Waals surface area contributed by atoms with E-state index >= 15 is 0 Å². The molecular formula is C29H37ClNO5P. The van der Waals surface area contributed by atoms with Crippen LogP contribution in [0, 0.1) is 0 Å². The first-order valence-corrected chi connectivity index (χ1v) is 13.8. The number of likely N-dealkylation sites (N-methyl/N-ethyl adjacent to an activating group) is 1. The lowest BCUT2D eigenvalue weighted by Crippen LogP contribution is -2.30. The van der Waals surface area contributed by atoms with Gasteiger partial charge < -0.3 is 18.3 Å². The highest BCUT2D eigenvalue weighted by molar-refractivity contribution is 7.41.